The molecule has 7 heteroatoms. The van der Waals surface area contributed by atoms with E-state index in [1.165, 1.54) is 0 Å². The summed E-state index contributed by atoms with van der Waals surface area (Å²) in [6.45, 7) is 6.17. The van der Waals surface area contributed by atoms with Gasteiger partial charge in [0.2, 0.25) is 5.91 Å². The Hall–Kier alpha value is -1.27. The van der Waals surface area contributed by atoms with E-state index in [2.05, 4.69) is 0 Å². The summed E-state index contributed by atoms with van der Waals surface area (Å²) >= 11 is 0. The molecule has 1 heterocycles. The molecule has 0 aliphatic carbocycles. The lowest BCUT2D eigenvalue weighted by molar-refractivity contribution is -0.188. The van der Waals surface area contributed by atoms with E-state index in [0.29, 0.717) is 0 Å². The lowest BCUT2D eigenvalue weighted by Crippen LogP contribution is -2.39. The maximum absolute atomic E-state index is 12.8. The summed E-state index contributed by atoms with van der Waals surface area (Å²) in [5, 5.41) is 8.91. The van der Waals surface area contributed by atoms with E-state index < -0.39 is 42.4 Å². The monoisotopic (exact) mass is 295 g/mol. The van der Waals surface area contributed by atoms with Crippen LogP contribution in [0.15, 0.2) is 0 Å². The second-order valence-corrected chi connectivity index (χ2v) is 6.42. The van der Waals surface area contributed by atoms with Gasteiger partial charge in [-0.05, 0) is 5.41 Å². The molecule has 1 rings (SSSR count). The van der Waals surface area contributed by atoms with Gasteiger partial charge in [0.1, 0.15) is 0 Å². The molecular weight excluding hydrogens is 275 g/mol. The summed E-state index contributed by atoms with van der Waals surface area (Å²) in [6, 6.07) is 0. The number of carboxylic acids is 1. The van der Waals surface area contributed by atoms with Crippen molar-refractivity contribution in [1.82, 2.24) is 4.90 Å². The zero-order chi connectivity index (χ0) is 15.9. The minimum Gasteiger partial charge on any atom is -0.481 e. The van der Waals surface area contributed by atoms with Gasteiger partial charge in [0.15, 0.2) is 0 Å². The largest absolute Gasteiger partial charge is 0.481 e. The highest BCUT2D eigenvalue weighted by atomic mass is 19.4. The molecule has 0 radical (unpaired) electrons. The van der Waals surface area contributed by atoms with Crippen LogP contribution in [0.25, 0.3) is 0 Å². The standard InChI is InChI=1S/C13H20F3NO3/c1-7(12(2,3)4)10(18)17-5-8(11(19)20)9(6-17)13(14,15)16/h7-9H,5-6H2,1-4H3,(H,19,20)/t7?,8-,9-/m1/s1. The van der Waals surface area contributed by atoms with Gasteiger partial charge in [-0.3, -0.25) is 9.59 Å². The van der Waals surface area contributed by atoms with Crippen molar-refractivity contribution < 1.29 is 27.9 Å². The van der Waals surface area contributed by atoms with Gasteiger partial charge in [-0.25, -0.2) is 0 Å². The fraction of sp³-hybridized carbons (Fsp3) is 0.846. The average molecular weight is 295 g/mol. The van der Waals surface area contributed by atoms with Crippen molar-refractivity contribution in [2.75, 3.05) is 13.1 Å². The van der Waals surface area contributed by atoms with Crippen molar-refractivity contribution in [3.63, 3.8) is 0 Å². The van der Waals surface area contributed by atoms with E-state index in [9.17, 15) is 22.8 Å². The Labute approximate surface area is 115 Å². The van der Waals surface area contributed by atoms with Crippen LogP contribution in [0, 0.1) is 23.2 Å². The van der Waals surface area contributed by atoms with Crippen molar-refractivity contribution in [3.05, 3.63) is 0 Å². The first-order valence-corrected chi connectivity index (χ1v) is 6.44. The van der Waals surface area contributed by atoms with E-state index >= 15 is 0 Å². The number of hydrogen-bond acceptors (Lipinski definition) is 2. The molecule has 1 N–H and O–H groups in total. The number of hydrogen-bond donors (Lipinski definition) is 1. The normalized spacial score (nSPS) is 25.6. The second-order valence-electron chi connectivity index (χ2n) is 6.42. The van der Waals surface area contributed by atoms with Gasteiger partial charge in [0.25, 0.3) is 0 Å². The quantitative estimate of drug-likeness (QED) is 0.851. The molecular formula is C13H20F3NO3. The maximum Gasteiger partial charge on any atom is 0.394 e. The first-order chi connectivity index (χ1) is 8.85. The number of likely N-dealkylation sites (tertiary alicyclic amines) is 1. The van der Waals surface area contributed by atoms with Gasteiger partial charge in [0, 0.05) is 19.0 Å². The minimum atomic E-state index is -4.61. The summed E-state index contributed by atoms with van der Waals surface area (Å²) < 4.78 is 38.5. The highest BCUT2D eigenvalue weighted by Crippen LogP contribution is 2.39. The van der Waals surface area contributed by atoms with Crippen LogP contribution in [0.3, 0.4) is 0 Å². The summed E-state index contributed by atoms with van der Waals surface area (Å²) in [5.74, 6) is -5.97. The van der Waals surface area contributed by atoms with Crippen LogP contribution in [0.4, 0.5) is 13.2 Å². The Balaban J connectivity index is 2.91. The number of alkyl halides is 3. The molecule has 0 saturated carbocycles. The Kier molecular flexibility index (Phi) is 4.41. The second kappa shape index (κ2) is 5.26. The molecule has 1 amide bonds. The van der Waals surface area contributed by atoms with Crippen LogP contribution in [-0.4, -0.2) is 41.1 Å². The Morgan fingerprint density at radius 2 is 1.70 bits per heavy atom. The molecule has 1 fully saturated rings. The molecule has 1 saturated heterocycles. The molecule has 116 valence electrons. The Bertz CT molecular complexity index is 401. The van der Waals surface area contributed by atoms with Crippen LogP contribution in [-0.2, 0) is 9.59 Å². The third-order valence-corrected chi connectivity index (χ3v) is 4.04. The summed E-state index contributed by atoms with van der Waals surface area (Å²) in [5.41, 5.74) is -0.383. The molecule has 0 aromatic heterocycles. The molecule has 3 atom stereocenters. The van der Waals surface area contributed by atoms with E-state index in [0.717, 1.165) is 4.90 Å². The summed E-state index contributed by atoms with van der Waals surface area (Å²) in [6.07, 6.45) is -4.61. The van der Waals surface area contributed by atoms with Crippen molar-refractivity contribution in [2.45, 2.75) is 33.9 Å². The van der Waals surface area contributed by atoms with Gasteiger partial charge in [-0.15, -0.1) is 0 Å². The predicted molar refractivity (Wildman–Crippen MR) is 65.9 cm³/mol. The van der Waals surface area contributed by atoms with Crippen molar-refractivity contribution in [3.8, 4) is 0 Å². The van der Waals surface area contributed by atoms with E-state index in [-0.39, 0.29) is 12.0 Å². The van der Waals surface area contributed by atoms with Crippen LogP contribution < -0.4 is 0 Å². The van der Waals surface area contributed by atoms with E-state index in [4.69, 9.17) is 5.11 Å². The lowest BCUT2D eigenvalue weighted by atomic mass is 9.81. The van der Waals surface area contributed by atoms with Gasteiger partial charge in [-0.2, -0.15) is 13.2 Å². The fourth-order valence-electron chi connectivity index (χ4n) is 2.21. The van der Waals surface area contributed by atoms with Crippen LogP contribution in [0.2, 0.25) is 0 Å². The number of aliphatic carboxylic acids is 1. The SMILES string of the molecule is CC(C(=O)N1C[C@@H](C(F)(F)F)[C@H](C(=O)O)C1)C(C)(C)C. The first-order valence-electron chi connectivity index (χ1n) is 6.44. The topological polar surface area (TPSA) is 57.6 Å². The van der Waals surface area contributed by atoms with Gasteiger partial charge < -0.3 is 10.0 Å². The molecule has 0 bridgehead atoms. The molecule has 1 unspecified atom stereocenters. The van der Waals surface area contributed by atoms with Crippen LogP contribution in [0.5, 0.6) is 0 Å². The molecule has 0 aromatic carbocycles. The highest BCUT2D eigenvalue weighted by Gasteiger charge is 2.54. The zero-order valence-electron chi connectivity index (χ0n) is 12.0. The van der Waals surface area contributed by atoms with Gasteiger partial charge in [0.05, 0.1) is 11.8 Å². The van der Waals surface area contributed by atoms with Gasteiger partial charge in [-0.1, -0.05) is 27.7 Å². The number of carbonyl (C=O) groups is 2. The van der Waals surface area contributed by atoms with Crippen molar-refractivity contribution in [1.29, 1.82) is 0 Å². The number of carbonyl (C=O) groups excluding carboxylic acids is 1. The smallest absolute Gasteiger partial charge is 0.394 e. The Morgan fingerprint density at radius 3 is 2.00 bits per heavy atom. The number of amides is 1. The first kappa shape index (κ1) is 16.8. The van der Waals surface area contributed by atoms with Crippen LogP contribution >= 0.6 is 0 Å². The van der Waals surface area contributed by atoms with Crippen molar-refractivity contribution in [2.24, 2.45) is 23.2 Å². The third-order valence-electron chi connectivity index (χ3n) is 4.04. The maximum atomic E-state index is 12.8. The molecule has 1 aliphatic rings. The molecule has 20 heavy (non-hydrogen) atoms. The molecule has 0 spiro atoms. The van der Waals surface area contributed by atoms with Crippen molar-refractivity contribution >= 4 is 11.9 Å². The molecule has 4 nitrogen and oxygen atoms in total. The average Bonchev–Trinajstić information content (AvgIpc) is 2.70. The Morgan fingerprint density at radius 1 is 1.20 bits per heavy atom. The third kappa shape index (κ3) is 3.43. The number of carboxylic acid groups (broad SMARTS) is 1. The van der Waals surface area contributed by atoms with Gasteiger partial charge >= 0.3 is 12.1 Å². The number of rotatable bonds is 2. The highest BCUT2D eigenvalue weighted by molar-refractivity contribution is 5.81. The molecule has 1 aliphatic heterocycles. The minimum absolute atomic E-state index is 0.376. The summed E-state index contributed by atoms with van der Waals surface area (Å²) in [4.78, 5) is 24.2. The zero-order valence-corrected chi connectivity index (χ0v) is 12.0. The molecule has 0 aromatic rings. The van der Waals surface area contributed by atoms with E-state index in [1.54, 1.807) is 6.92 Å². The lowest BCUT2D eigenvalue weighted by Gasteiger charge is -2.30. The number of nitrogens with zero attached hydrogens (tertiary/aromatic N) is 1. The predicted octanol–water partition coefficient (Wildman–Crippen LogP) is 2.39. The number of halogens is 3. The fourth-order valence-corrected chi connectivity index (χ4v) is 2.21. The summed E-state index contributed by atoms with van der Waals surface area (Å²) in [7, 11) is 0. The van der Waals surface area contributed by atoms with E-state index in [1.807, 2.05) is 20.8 Å². The van der Waals surface area contributed by atoms with Crippen LogP contribution in [0.1, 0.15) is 27.7 Å².